The number of amides is 1. The maximum absolute atomic E-state index is 14.1. The van der Waals surface area contributed by atoms with Crippen LogP contribution in [0.25, 0.3) is 0 Å². The maximum Gasteiger partial charge on any atom is 0.416 e. The summed E-state index contributed by atoms with van der Waals surface area (Å²) in [7, 11) is -0.137. The van der Waals surface area contributed by atoms with E-state index in [1.54, 1.807) is 18.3 Å². The quantitative estimate of drug-likeness (QED) is 0.265. The Labute approximate surface area is 205 Å². The fraction of sp³-hybridized carbons (Fsp3) is 0.480. The number of piperidine rings is 1. The van der Waals surface area contributed by atoms with Crippen LogP contribution < -0.4 is 10.2 Å². The van der Waals surface area contributed by atoms with Crippen LogP contribution in [0.15, 0.2) is 35.5 Å². The number of benzene rings is 1. The first-order valence-corrected chi connectivity index (χ1v) is 13.2. The van der Waals surface area contributed by atoms with Gasteiger partial charge in [-0.15, -0.1) is 0 Å². The molecule has 190 valence electrons. The van der Waals surface area contributed by atoms with Crippen molar-refractivity contribution >= 4 is 28.2 Å². The lowest BCUT2D eigenvalue weighted by molar-refractivity contribution is -0.138. The second kappa shape index (κ2) is 10.6. The molecular weight excluding hydrogens is 485 g/mol. The van der Waals surface area contributed by atoms with Crippen molar-refractivity contribution < 1.29 is 26.7 Å². The second-order valence-corrected chi connectivity index (χ2v) is 11.0. The lowest BCUT2D eigenvalue weighted by atomic mass is 9.93. The Morgan fingerprint density at radius 1 is 1.31 bits per heavy atom. The molecule has 2 heterocycles. The molecule has 1 N–H and O–H groups in total. The number of halogens is 5. The minimum absolute atomic E-state index is 0.00535. The standard InChI is InChI=1S/C25H29F5N3OS/c1-5-6-11-35(4)22-13-18(7-9-31-22)32-23(34)19-12-16(2)20(25(28,29)30)14-21(19)33-10-8-24(26,27)17(3)15-33/h5,7,9,12-14,17H,6,8,10-11,15H2,1-4H3/q+1/p+1/t17-,35?/m0/s1. The van der Waals surface area contributed by atoms with Crippen molar-refractivity contribution in [1.82, 2.24) is 4.98 Å². The summed E-state index contributed by atoms with van der Waals surface area (Å²) in [5.74, 6) is -3.65. The Bertz CT molecular complexity index is 1060. The van der Waals surface area contributed by atoms with Gasteiger partial charge in [0.2, 0.25) is 5.03 Å². The molecule has 1 aromatic heterocycles. The highest BCUT2D eigenvalue weighted by molar-refractivity contribution is 7.96. The van der Waals surface area contributed by atoms with Crippen molar-refractivity contribution in [3.05, 3.63) is 53.6 Å². The number of anilines is 2. The van der Waals surface area contributed by atoms with Crippen LogP contribution in [-0.4, -0.2) is 41.9 Å². The number of pyridine rings is 1. The largest absolute Gasteiger partial charge is 0.416 e. The number of nitrogens with one attached hydrogen (secondary N) is 1. The van der Waals surface area contributed by atoms with Crippen LogP contribution >= 0.6 is 0 Å². The molecule has 1 aliphatic rings. The van der Waals surface area contributed by atoms with Crippen LogP contribution in [0.4, 0.5) is 33.3 Å². The van der Waals surface area contributed by atoms with E-state index in [1.165, 1.54) is 24.8 Å². The topological polar surface area (TPSA) is 45.2 Å². The third kappa shape index (κ3) is 6.39. The Morgan fingerprint density at radius 2 is 2.03 bits per heavy atom. The van der Waals surface area contributed by atoms with Gasteiger partial charge in [-0.1, -0.05) is 6.92 Å². The van der Waals surface area contributed by atoms with E-state index in [0.29, 0.717) is 5.69 Å². The highest BCUT2D eigenvalue weighted by Crippen LogP contribution is 2.40. The SMILES string of the molecule is C[CH+]CC[S+](C)c1cc(NC(=O)c2cc(C)c(C(F)(F)F)cc2N2CCC(F)(F)[C@@H](C)C2)ccn1. The number of aryl methyl sites for hydroxylation is 1. The number of aromatic nitrogens is 1. The Hall–Kier alpha value is -2.49. The minimum atomic E-state index is -4.63. The molecule has 1 saturated heterocycles. The van der Waals surface area contributed by atoms with Crippen LogP contribution in [0.3, 0.4) is 0 Å². The second-order valence-electron chi connectivity index (χ2n) is 8.92. The number of rotatable bonds is 7. The third-order valence-electron chi connectivity index (χ3n) is 6.23. The lowest BCUT2D eigenvalue weighted by Gasteiger charge is -2.39. The summed E-state index contributed by atoms with van der Waals surface area (Å²) in [6.45, 7) is 4.33. The molecule has 0 spiro atoms. The van der Waals surface area contributed by atoms with Crippen LogP contribution in [0.2, 0.25) is 0 Å². The fourth-order valence-electron chi connectivity index (χ4n) is 4.03. The van der Waals surface area contributed by atoms with Crippen LogP contribution in [0, 0.1) is 19.3 Å². The van der Waals surface area contributed by atoms with Gasteiger partial charge in [0.05, 0.1) is 30.2 Å². The van der Waals surface area contributed by atoms with Crippen LogP contribution in [0.1, 0.15) is 48.2 Å². The normalized spacial score (nSPS) is 18.8. The molecule has 0 bridgehead atoms. The highest BCUT2D eigenvalue weighted by atomic mass is 32.2. The molecule has 1 fully saturated rings. The summed E-state index contributed by atoms with van der Waals surface area (Å²) >= 11 is 0. The smallest absolute Gasteiger partial charge is 0.370 e. The number of hydrogen-bond acceptors (Lipinski definition) is 3. The van der Waals surface area contributed by atoms with Crippen molar-refractivity contribution in [3.63, 3.8) is 0 Å². The summed E-state index contributed by atoms with van der Waals surface area (Å²) < 4.78 is 69.0. The van der Waals surface area contributed by atoms with Crippen molar-refractivity contribution in [2.24, 2.45) is 5.92 Å². The average molecular weight is 516 g/mol. The molecule has 1 aromatic carbocycles. The Balaban J connectivity index is 1.95. The molecule has 2 atom stereocenters. The zero-order valence-corrected chi connectivity index (χ0v) is 21.0. The van der Waals surface area contributed by atoms with E-state index in [-0.39, 0.29) is 40.8 Å². The average Bonchev–Trinajstić information content (AvgIpc) is 2.78. The van der Waals surface area contributed by atoms with Crippen molar-refractivity contribution in [2.75, 3.05) is 35.3 Å². The van der Waals surface area contributed by atoms with Crippen molar-refractivity contribution in [2.45, 2.75) is 50.7 Å². The van der Waals surface area contributed by atoms with E-state index in [1.807, 2.05) is 6.92 Å². The van der Waals surface area contributed by atoms with Gasteiger partial charge >= 0.3 is 6.18 Å². The van der Waals surface area contributed by atoms with Crippen molar-refractivity contribution in [1.29, 1.82) is 0 Å². The summed E-state index contributed by atoms with van der Waals surface area (Å²) in [4.78, 5) is 19.1. The molecular formula is C25H30F5N3OS+2. The summed E-state index contributed by atoms with van der Waals surface area (Å²) in [5.41, 5.74) is -0.499. The summed E-state index contributed by atoms with van der Waals surface area (Å²) in [6, 6.07) is 5.47. The molecule has 0 radical (unpaired) electrons. The van der Waals surface area contributed by atoms with Gasteiger partial charge in [-0.3, -0.25) is 4.79 Å². The molecule has 1 amide bonds. The maximum atomic E-state index is 14.1. The van der Waals surface area contributed by atoms with Gasteiger partial charge in [0.25, 0.3) is 11.8 Å². The first-order chi connectivity index (χ1) is 16.3. The molecule has 4 nitrogen and oxygen atoms in total. The van der Waals surface area contributed by atoms with Crippen molar-refractivity contribution in [3.8, 4) is 0 Å². The zero-order valence-electron chi connectivity index (χ0n) is 20.2. The molecule has 35 heavy (non-hydrogen) atoms. The van der Waals surface area contributed by atoms with Gasteiger partial charge in [0.15, 0.2) is 5.75 Å². The molecule has 3 rings (SSSR count). The number of hydrogen-bond donors (Lipinski definition) is 1. The molecule has 1 unspecified atom stereocenters. The van der Waals surface area contributed by atoms with Gasteiger partial charge < -0.3 is 10.2 Å². The first-order valence-electron chi connectivity index (χ1n) is 11.4. The molecule has 1 aliphatic heterocycles. The van der Waals surface area contributed by atoms with E-state index in [4.69, 9.17) is 0 Å². The van der Waals surface area contributed by atoms with E-state index < -0.39 is 35.9 Å². The van der Waals surface area contributed by atoms with E-state index >= 15 is 0 Å². The van der Waals surface area contributed by atoms with E-state index in [9.17, 15) is 26.7 Å². The lowest BCUT2D eigenvalue weighted by Crippen LogP contribution is -2.46. The summed E-state index contributed by atoms with van der Waals surface area (Å²) in [5, 5.41) is 3.58. The van der Waals surface area contributed by atoms with Gasteiger partial charge in [-0.25, -0.2) is 13.8 Å². The van der Waals surface area contributed by atoms with Gasteiger partial charge in [-0.2, -0.15) is 13.2 Å². The monoisotopic (exact) mass is 515 g/mol. The van der Waals surface area contributed by atoms with E-state index in [0.717, 1.165) is 23.3 Å². The Kier molecular flexibility index (Phi) is 8.24. The number of carbonyl (C=O) groups excluding carboxylic acids is 1. The first kappa shape index (κ1) is 27.1. The van der Waals surface area contributed by atoms with Gasteiger partial charge in [-0.05, 0) is 30.7 Å². The van der Waals surface area contributed by atoms with Gasteiger partial charge in [0, 0.05) is 54.3 Å². The summed E-state index contributed by atoms with van der Waals surface area (Å²) in [6.07, 6.45) is 1.51. The number of nitrogens with zero attached hydrogens (tertiary/aromatic N) is 2. The molecule has 0 aliphatic carbocycles. The molecule has 10 heteroatoms. The minimum Gasteiger partial charge on any atom is -0.370 e. The van der Waals surface area contributed by atoms with Gasteiger partial charge in [0.1, 0.15) is 12.7 Å². The predicted molar refractivity (Wildman–Crippen MR) is 130 cm³/mol. The highest BCUT2D eigenvalue weighted by Gasteiger charge is 2.42. The van der Waals surface area contributed by atoms with E-state index in [2.05, 4.69) is 23.0 Å². The Morgan fingerprint density at radius 3 is 2.66 bits per heavy atom. The number of unbranched alkanes of at least 4 members (excludes halogenated alkanes) is 1. The molecule has 0 saturated carbocycles. The number of carbonyl (C=O) groups is 1. The van der Waals surface area contributed by atoms with Crippen LogP contribution in [0.5, 0.6) is 0 Å². The fourth-order valence-corrected chi connectivity index (χ4v) is 5.39. The number of alkyl halides is 5. The molecule has 2 aromatic rings. The zero-order chi connectivity index (χ0) is 26.0. The predicted octanol–water partition coefficient (Wildman–Crippen LogP) is 6.36. The third-order valence-corrected chi connectivity index (χ3v) is 8.01. The van der Waals surface area contributed by atoms with Crippen LogP contribution in [-0.2, 0) is 17.1 Å².